The van der Waals surface area contributed by atoms with Gasteiger partial charge in [0, 0.05) is 36.2 Å². The second-order valence-corrected chi connectivity index (χ2v) is 9.24. The Labute approximate surface area is 156 Å². The van der Waals surface area contributed by atoms with E-state index in [4.69, 9.17) is 0 Å². The minimum atomic E-state index is -3.14. The lowest BCUT2D eigenvalue weighted by Crippen LogP contribution is -2.48. The molecule has 2 bridgehead atoms. The van der Waals surface area contributed by atoms with Gasteiger partial charge in [-0.25, -0.2) is 17.5 Å². The molecule has 0 unspecified atom stereocenters. The number of nitrogens with zero attached hydrogens (tertiary/aromatic N) is 4. The number of fused-ring (bicyclic) bond motifs is 3. The zero-order chi connectivity index (χ0) is 18.8. The predicted octanol–water partition coefficient (Wildman–Crippen LogP) is 2.39. The minimum Gasteiger partial charge on any atom is -0.366 e. The van der Waals surface area contributed by atoms with Crippen LogP contribution in [0, 0.1) is 5.82 Å². The molecule has 27 heavy (non-hydrogen) atoms. The van der Waals surface area contributed by atoms with Gasteiger partial charge in [0.25, 0.3) is 0 Å². The van der Waals surface area contributed by atoms with E-state index in [0.717, 1.165) is 35.2 Å². The Kier molecular flexibility index (Phi) is 3.57. The number of piperazine rings is 1. The van der Waals surface area contributed by atoms with E-state index < -0.39 is 10.0 Å². The molecule has 2 saturated heterocycles. The van der Waals surface area contributed by atoms with E-state index in [9.17, 15) is 12.8 Å². The van der Waals surface area contributed by atoms with E-state index in [2.05, 4.69) is 22.1 Å². The van der Waals surface area contributed by atoms with Crippen molar-refractivity contribution < 1.29 is 12.8 Å². The third-order valence-corrected chi connectivity index (χ3v) is 6.87. The molecule has 2 aromatic carbocycles. The Morgan fingerprint density at radius 3 is 2.44 bits per heavy atom. The highest BCUT2D eigenvalue weighted by Gasteiger charge is 2.46. The summed E-state index contributed by atoms with van der Waals surface area (Å²) in [6.07, 6.45) is 3.97. The first-order valence-electron chi connectivity index (χ1n) is 8.87. The molecule has 0 aliphatic carbocycles. The average Bonchev–Trinajstić information content (AvgIpc) is 3.35. The Bertz CT molecular complexity index is 1130. The van der Waals surface area contributed by atoms with E-state index in [-0.39, 0.29) is 17.9 Å². The number of benzene rings is 2. The van der Waals surface area contributed by atoms with Crippen LogP contribution in [0.1, 0.15) is 6.42 Å². The number of aromatic nitrogens is 2. The van der Waals surface area contributed by atoms with Crippen LogP contribution in [-0.2, 0) is 10.0 Å². The van der Waals surface area contributed by atoms with Crippen molar-refractivity contribution in [2.45, 2.75) is 18.5 Å². The molecule has 0 radical (unpaired) electrons. The summed E-state index contributed by atoms with van der Waals surface area (Å²) in [6.45, 7) is 1.27. The smallest absolute Gasteiger partial charge is 0.211 e. The molecule has 2 fully saturated rings. The van der Waals surface area contributed by atoms with E-state index in [1.165, 1.54) is 18.4 Å². The molecule has 0 amide bonds. The van der Waals surface area contributed by atoms with Gasteiger partial charge in [-0.05, 0) is 48.9 Å². The second-order valence-electron chi connectivity index (χ2n) is 7.30. The summed E-state index contributed by atoms with van der Waals surface area (Å²) >= 11 is 0. The lowest BCUT2D eigenvalue weighted by molar-refractivity contribution is 0.371. The Morgan fingerprint density at radius 2 is 1.78 bits per heavy atom. The van der Waals surface area contributed by atoms with Gasteiger partial charge >= 0.3 is 0 Å². The van der Waals surface area contributed by atoms with Gasteiger partial charge in [0.15, 0.2) is 0 Å². The molecule has 8 heteroatoms. The summed E-state index contributed by atoms with van der Waals surface area (Å²) in [5.41, 5.74) is 2.84. The van der Waals surface area contributed by atoms with Gasteiger partial charge in [-0.3, -0.25) is 0 Å². The number of hydrogen-bond donors (Lipinski definition) is 0. The van der Waals surface area contributed by atoms with E-state index in [1.807, 2.05) is 6.07 Å². The van der Waals surface area contributed by atoms with Crippen molar-refractivity contribution in [2.24, 2.45) is 0 Å². The van der Waals surface area contributed by atoms with Crippen LogP contribution >= 0.6 is 0 Å². The monoisotopic (exact) mass is 386 g/mol. The molecule has 6 nitrogen and oxygen atoms in total. The maximum Gasteiger partial charge on any atom is 0.211 e. The van der Waals surface area contributed by atoms with E-state index in [0.29, 0.717) is 6.54 Å². The predicted molar refractivity (Wildman–Crippen MR) is 102 cm³/mol. The first-order chi connectivity index (χ1) is 12.9. The van der Waals surface area contributed by atoms with Gasteiger partial charge in [-0.1, -0.05) is 0 Å². The molecule has 0 N–H and O–H groups in total. The van der Waals surface area contributed by atoms with Crippen molar-refractivity contribution in [3.63, 3.8) is 0 Å². The summed E-state index contributed by atoms with van der Waals surface area (Å²) in [5.74, 6) is -0.273. The van der Waals surface area contributed by atoms with Crippen molar-refractivity contribution in [3.8, 4) is 5.69 Å². The summed E-state index contributed by atoms with van der Waals surface area (Å²) in [6, 6.07) is 12.7. The summed E-state index contributed by atoms with van der Waals surface area (Å²) < 4.78 is 40.3. The Morgan fingerprint density at radius 1 is 1.04 bits per heavy atom. The van der Waals surface area contributed by atoms with E-state index in [1.54, 1.807) is 27.3 Å². The maximum absolute atomic E-state index is 13.2. The number of sulfonamides is 1. The highest BCUT2D eigenvalue weighted by molar-refractivity contribution is 7.88. The van der Waals surface area contributed by atoms with Crippen LogP contribution in [0.4, 0.5) is 10.1 Å². The summed E-state index contributed by atoms with van der Waals surface area (Å²) in [4.78, 5) is 2.29. The van der Waals surface area contributed by atoms with Crippen LogP contribution in [0.5, 0.6) is 0 Å². The fraction of sp³-hybridized carbons (Fsp3) is 0.316. The third kappa shape index (κ3) is 2.71. The van der Waals surface area contributed by atoms with Crippen LogP contribution in [-0.4, -0.2) is 53.9 Å². The number of halogens is 1. The first-order valence-corrected chi connectivity index (χ1v) is 10.7. The molecule has 3 heterocycles. The molecule has 5 rings (SSSR count). The topological polar surface area (TPSA) is 58.4 Å². The van der Waals surface area contributed by atoms with Gasteiger partial charge in [0.1, 0.15) is 5.82 Å². The van der Waals surface area contributed by atoms with Crippen molar-refractivity contribution in [1.82, 2.24) is 14.1 Å². The fourth-order valence-electron chi connectivity index (χ4n) is 4.34. The average molecular weight is 386 g/mol. The summed E-state index contributed by atoms with van der Waals surface area (Å²) in [5, 5.41) is 5.44. The number of rotatable bonds is 3. The SMILES string of the molecule is CS(=O)(=O)N1C[C@@H]2C[C@H]1CN2c1ccc2c(cnn2-c2ccc(F)cc2)c1. The highest BCUT2D eigenvalue weighted by Crippen LogP contribution is 2.37. The first kappa shape index (κ1) is 16.7. The molecule has 0 spiro atoms. The van der Waals surface area contributed by atoms with Crippen molar-refractivity contribution in [2.75, 3.05) is 24.2 Å². The number of hydrogen-bond acceptors (Lipinski definition) is 4. The van der Waals surface area contributed by atoms with Gasteiger partial charge in [-0.15, -0.1) is 0 Å². The van der Waals surface area contributed by atoms with Gasteiger partial charge < -0.3 is 4.90 Å². The maximum atomic E-state index is 13.2. The lowest BCUT2D eigenvalue weighted by Gasteiger charge is -2.34. The molecule has 2 aliphatic rings. The number of anilines is 1. The Hall–Kier alpha value is -2.45. The second kappa shape index (κ2) is 5.77. The standard InChI is InChI=1S/C19H19FN4O2S/c1-27(25,26)23-12-17-9-18(23)11-22(17)16-6-7-19-13(8-16)10-21-24(19)15-4-2-14(20)3-5-15/h2-8,10,17-18H,9,11-12H2,1H3/t17-,18-/m0/s1. The fourth-order valence-corrected chi connectivity index (χ4v) is 5.48. The molecule has 2 atom stereocenters. The highest BCUT2D eigenvalue weighted by atomic mass is 32.2. The largest absolute Gasteiger partial charge is 0.366 e. The van der Waals surface area contributed by atoms with Crippen LogP contribution < -0.4 is 4.90 Å². The van der Waals surface area contributed by atoms with Crippen LogP contribution in [0.25, 0.3) is 16.6 Å². The van der Waals surface area contributed by atoms with Crippen molar-refractivity contribution in [1.29, 1.82) is 0 Å². The van der Waals surface area contributed by atoms with Crippen molar-refractivity contribution in [3.05, 3.63) is 54.5 Å². The van der Waals surface area contributed by atoms with Gasteiger partial charge in [-0.2, -0.15) is 9.40 Å². The molecule has 3 aromatic rings. The zero-order valence-corrected chi connectivity index (χ0v) is 15.6. The van der Waals surface area contributed by atoms with Crippen LogP contribution in [0.3, 0.4) is 0 Å². The third-order valence-electron chi connectivity index (χ3n) is 5.57. The molecule has 2 aliphatic heterocycles. The van der Waals surface area contributed by atoms with Crippen LogP contribution in [0.15, 0.2) is 48.7 Å². The normalized spacial score (nSPS) is 22.8. The van der Waals surface area contributed by atoms with Crippen LogP contribution in [0.2, 0.25) is 0 Å². The molecule has 0 saturated carbocycles. The van der Waals surface area contributed by atoms with Crippen molar-refractivity contribution >= 4 is 26.6 Å². The molecule has 1 aromatic heterocycles. The Balaban J connectivity index is 1.45. The quantitative estimate of drug-likeness (QED) is 0.694. The minimum absolute atomic E-state index is 0.0580. The van der Waals surface area contributed by atoms with Gasteiger partial charge in [0.05, 0.1) is 23.7 Å². The van der Waals surface area contributed by atoms with Gasteiger partial charge in [0.2, 0.25) is 10.0 Å². The van der Waals surface area contributed by atoms with E-state index >= 15 is 0 Å². The summed E-state index contributed by atoms with van der Waals surface area (Å²) in [7, 11) is -3.14. The lowest BCUT2D eigenvalue weighted by atomic mass is 10.2. The molecular formula is C19H19FN4O2S. The molecular weight excluding hydrogens is 367 g/mol. The molecule has 140 valence electrons. The zero-order valence-electron chi connectivity index (χ0n) is 14.8.